The number of anilines is 1. The van der Waals surface area contributed by atoms with E-state index in [0.29, 0.717) is 0 Å². The lowest BCUT2D eigenvalue weighted by Gasteiger charge is -2.04. The van der Waals surface area contributed by atoms with Gasteiger partial charge in [-0.3, -0.25) is 0 Å². The van der Waals surface area contributed by atoms with Crippen LogP contribution in [0, 0.1) is 0 Å². The first-order valence-electron chi connectivity index (χ1n) is 6.71. The summed E-state index contributed by atoms with van der Waals surface area (Å²) in [7, 11) is 0. The number of fused-ring (bicyclic) bond motifs is 1. The van der Waals surface area contributed by atoms with Crippen LogP contribution in [0.25, 0.3) is 20.5 Å². The zero-order valence-electron chi connectivity index (χ0n) is 11.2. The summed E-state index contributed by atoms with van der Waals surface area (Å²) < 4.78 is 1.34. The van der Waals surface area contributed by atoms with Crippen molar-refractivity contribution < 1.29 is 0 Å². The molecule has 0 aliphatic carbocycles. The average molecular weight is 327 g/mol. The van der Waals surface area contributed by atoms with Crippen molar-refractivity contribution in [3.05, 3.63) is 63.5 Å². The van der Waals surface area contributed by atoms with E-state index < -0.39 is 0 Å². The molecule has 1 aromatic carbocycles. The molecular weight excluding hydrogens is 314 g/mol. The van der Waals surface area contributed by atoms with Gasteiger partial charge in [0.1, 0.15) is 0 Å². The lowest BCUT2D eigenvalue weighted by molar-refractivity contribution is 1.20. The number of hydrogen-bond acceptors (Lipinski definition) is 4. The lowest BCUT2D eigenvalue weighted by atomic mass is 10.2. The molecule has 0 spiro atoms. The first-order chi connectivity index (χ1) is 10.4. The Bertz CT molecular complexity index is 855. The van der Waals surface area contributed by atoms with Crippen molar-refractivity contribution in [3.8, 4) is 10.4 Å². The molecule has 0 aliphatic rings. The van der Waals surface area contributed by atoms with Gasteiger partial charge in [0.05, 0.1) is 0 Å². The van der Waals surface area contributed by atoms with Crippen molar-refractivity contribution in [3.63, 3.8) is 0 Å². The minimum absolute atomic E-state index is 0.881. The molecule has 0 amide bonds. The highest BCUT2D eigenvalue weighted by molar-refractivity contribution is 7.17. The summed E-state index contributed by atoms with van der Waals surface area (Å²) in [6, 6.07) is 15.3. The summed E-state index contributed by atoms with van der Waals surface area (Å²) in [6.45, 7) is 0.881. The third kappa shape index (κ3) is 2.75. The van der Waals surface area contributed by atoms with Crippen LogP contribution in [-0.2, 0) is 6.54 Å². The molecule has 0 fully saturated rings. The standard InChI is InChI=1S/C17H13NS3/c1-2-16(19-6-1)13-9-15(21-11-13)10-18-14-3-4-17-12(8-14)5-7-20-17/h1-9,11,18H,10H2. The molecular formula is C17H13NS3. The fourth-order valence-corrected chi connectivity index (χ4v) is 4.70. The fraction of sp³-hybridized carbons (Fsp3) is 0.0588. The molecule has 1 nitrogen and oxygen atoms in total. The van der Waals surface area contributed by atoms with Gasteiger partial charge in [0, 0.05) is 32.2 Å². The van der Waals surface area contributed by atoms with E-state index in [1.165, 1.54) is 31.1 Å². The Morgan fingerprint density at radius 2 is 1.90 bits per heavy atom. The van der Waals surface area contributed by atoms with Gasteiger partial charge in [-0.15, -0.1) is 34.0 Å². The highest BCUT2D eigenvalue weighted by atomic mass is 32.1. The fourth-order valence-electron chi connectivity index (χ4n) is 2.31. The highest BCUT2D eigenvalue weighted by Gasteiger charge is 2.04. The number of thiophene rings is 3. The molecule has 0 unspecified atom stereocenters. The molecule has 104 valence electrons. The van der Waals surface area contributed by atoms with Crippen molar-refractivity contribution in [1.29, 1.82) is 0 Å². The quantitative estimate of drug-likeness (QED) is 0.463. The topological polar surface area (TPSA) is 12.0 Å². The first-order valence-corrected chi connectivity index (χ1v) is 9.35. The SMILES string of the molecule is c1csc(-c2csc(CNc3ccc4sccc4c3)c2)c1. The Labute approximate surface area is 135 Å². The predicted molar refractivity (Wildman–Crippen MR) is 96.8 cm³/mol. The molecule has 0 radical (unpaired) electrons. The van der Waals surface area contributed by atoms with E-state index in [0.717, 1.165) is 6.54 Å². The Morgan fingerprint density at radius 3 is 2.81 bits per heavy atom. The van der Waals surface area contributed by atoms with Crippen molar-refractivity contribution in [2.24, 2.45) is 0 Å². The molecule has 4 rings (SSSR count). The average Bonchev–Trinajstić information content (AvgIpc) is 3.24. The predicted octanol–water partition coefficient (Wildman–Crippen LogP) is 6.30. The Hall–Kier alpha value is -1.62. The van der Waals surface area contributed by atoms with Crippen molar-refractivity contribution in [1.82, 2.24) is 0 Å². The van der Waals surface area contributed by atoms with E-state index in [-0.39, 0.29) is 0 Å². The second-order valence-electron chi connectivity index (χ2n) is 4.81. The molecule has 4 heteroatoms. The monoisotopic (exact) mass is 327 g/mol. The minimum atomic E-state index is 0.881. The second kappa shape index (κ2) is 5.64. The molecule has 3 aromatic heterocycles. The lowest BCUT2D eigenvalue weighted by Crippen LogP contribution is -1.96. The number of nitrogens with one attached hydrogen (secondary N) is 1. The van der Waals surface area contributed by atoms with E-state index in [9.17, 15) is 0 Å². The second-order valence-corrected chi connectivity index (χ2v) is 7.70. The molecule has 0 saturated heterocycles. The molecule has 3 heterocycles. The van der Waals surface area contributed by atoms with Crippen LogP contribution in [0.2, 0.25) is 0 Å². The smallest absolute Gasteiger partial charge is 0.0494 e. The van der Waals surface area contributed by atoms with Gasteiger partial charge in [-0.1, -0.05) is 6.07 Å². The zero-order chi connectivity index (χ0) is 14.1. The minimum Gasteiger partial charge on any atom is -0.380 e. The summed E-state index contributed by atoms with van der Waals surface area (Å²) in [6.07, 6.45) is 0. The summed E-state index contributed by atoms with van der Waals surface area (Å²) in [5.41, 5.74) is 2.52. The molecule has 0 atom stereocenters. The van der Waals surface area contributed by atoms with Crippen LogP contribution in [0.4, 0.5) is 5.69 Å². The molecule has 0 bridgehead atoms. The third-order valence-corrected chi connectivity index (χ3v) is 6.13. The first kappa shape index (κ1) is 13.1. The maximum atomic E-state index is 3.52. The van der Waals surface area contributed by atoms with E-state index in [1.54, 1.807) is 22.7 Å². The van der Waals surface area contributed by atoms with Gasteiger partial charge in [-0.2, -0.15) is 0 Å². The zero-order valence-corrected chi connectivity index (χ0v) is 13.7. The van der Waals surface area contributed by atoms with Crippen LogP contribution in [0.5, 0.6) is 0 Å². The Morgan fingerprint density at radius 1 is 0.905 bits per heavy atom. The van der Waals surface area contributed by atoms with Gasteiger partial charge in [0.2, 0.25) is 0 Å². The molecule has 0 aliphatic heterocycles. The number of rotatable bonds is 4. The van der Waals surface area contributed by atoms with Crippen LogP contribution in [0.3, 0.4) is 0 Å². The van der Waals surface area contributed by atoms with Crippen LogP contribution in [0.1, 0.15) is 4.88 Å². The van der Waals surface area contributed by atoms with Crippen LogP contribution >= 0.6 is 34.0 Å². The van der Waals surface area contributed by atoms with Gasteiger partial charge in [-0.25, -0.2) is 0 Å². The number of benzene rings is 1. The van der Waals surface area contributed by atoms with Gasteiger partial charge in [0.15, 0.2) is 0 Å². The maximum Gasteiger partial charge on any atom is 0.0494 e. The van der Waals surface area contributed by atoms with E-state index in [1.807, 2.05) is 11.3 Å². The van der Waals surface area contributed by atoms with Crippen LogP contribution in [0.15, 0.2) is 58.6 Å². The van der Waals surface area contributed by atoms with Crippen LogP contribution < -0.4 is 5.32 Å². The summed E-state index contributed by atoms with van der Waals surface area (Å²) >= 11 is 5.40. The largest absolute Gasteiger partial charge is 0.380 e. The summed E-state index contributed by atoms with van der Waals surface area (Å²) in [5, 5.41) is 11.3. The van der Waals surface area contributed by atoms with Gasteiger partial charge in [0.25, 0.3) is 0 Å². The third-order valence-electron chi connectivity index (χ3n) is 3.38. The molecule has 1 N–H and O–H groups in total. The Balaban J connectivity index is 1.49. The van der Waals surface area contributed by atoms with Gasteiger partial charge in [-0.05, 0) is 57.9 Å². The highest BCUT2D eigenvalue weighted by Crippen LogP contribution is 2.30. The number of hydrogen-bond donors (Lipinski definition) is 1. The normalized spacial score (nSPS) is 11.0. The molecule has 4 aromatic rings. The van der Waals surface area contributed by atoms with Crippen molar-refractivity contribution >= 4 is 49.8 Å². The molecule has 21 heavy (non-hydrogen) atoms. The van der Waals surface area contributed by atoms with E-state index in [2.05, 4.69) is 63.9 Å². The Kier molecular flexibility index (Phi) is 3.51. The van der Waals surface area contributed by atoms with E-state index >= 15 is 0 Å². The van der Waals surface area contributed by atoms with Crippen molar-refractivity contribution in [2.75, 3.05) is 5.32 Å². The van der Waals surface area contributed by atoms with Crippen LogP contribution in [-0.4, -0.2) is 0 Å². The molecule has 0 saturated carbocycles. The summed E-state index contributed by atoms with van der Waals surface area (Å²) in [4.78, 5) is 2.71. The summed E-state index contributed by atoms with van der Waals surface area (Å²) in [5.74, 6) is 0. The van der Waals surface area contributed by atoms with E-state index in [4.69, 9.17) is 0 Å². The van der Waals surface area contributed by atoms with Gasteiger partial charge < -0.3 is 5.32 Å². The maximum absolute atomic E-state index is 3.52. The van der Waals surface area contributed by atoms with Gasteiger partial charge >= 0.3 is 0 Å². The van der Waals surface area contributed by atoms with Crippen molar-refractivity contribution in [2.45, 2.75) is 6.54 Å².